The minimum atomic E-state index is -4.18. The third kappa shape index (κ3) is 3.44. The maximum absolute atomic E-state index is 13.3. The van der Waals surface area contributed by atoms with E-state index in [1.165, 1.54) is 0 Å². The lowest BCUT2D eigenvalue weighted by molar-refractivity contribution is 0.431. The molecule has 0 saturated carbocycles. The van der Waals surface area contributed by atoms with Crippen molar-refractivity contribution in [2.24, 2.45) is 5.73 Å². The van der Waals surface area contributed by atoms with Gasteiger partial charge in [0.2, 0.25) is 10.0 Å². The van der Waals surface area contributed by atoms with Crippen LogP contribution in [0.4, 0.5) is 13.2 Å². The van der Waals surface area contributed by atoms with Crippen LogP contribution >= 0.6 is 0 Å². The molecule has 0 bridgehead atoms. The largest absolute Gasteiger partial charge is 0.330 e. The Hall–Kier alpha value is -1.12. The van der Waals surface area contributed by atoms with Crippen LogP contribution in [-0.2, 0) is 10.0 Å². The van der Waals surface area contributed by atoms with Crippen molar-refractivity contribution in [1.82, 2.24) is 4.72 Å². The first-order valence-corrected chi connectivity index (χ1v) is 6.71. The summed E-state index contributed by atoms with van der Waals surface area (Å²) in [6, 6.07) is 1.24. The van der Waals surface area contributed by atoms with E-state index in [1.807, 2.05) is 0 Å². The minimum absolute atomic E-state index is 0.0535. The van der Waals surface area contributed by atoms with Crippen molar-refractivity contribution in [3.05, 3.63) is 29.6 Å². The van der Waals surface area contributed by atoms with E-state index in [0.717, 1.165) is 0 Å². The van der Waals surface area contributed by atoms with Gasteiger partial charge in [-0.2, -0.15) is 0 Å². The average molecular weight is 282 g/mol. The monoisotopic (exact) mass is 282 g/mol. The number of benzene rings is 1. The molecule has 0 aliphatic rings. The van der Waals surface area contributed by atoms with Crippen molar-refractivity contribution in [2.75, 3.05) is 13.1 Å². The van der Waals surface area contributed by atoms with Gasteiger partial charge >= 0.3 is 0 Å². The van der Waals surface area contributed by atoms with Gasteiger partial charge in [0.15, 0.2) is 17.5 Å². The minimum Gasteiger partial charge on any atom is -0.330 e. The van der Waals surface area contributed by atoms with Gasteiger partial charge < -0.3 is 5.73 Å². The second-order valence-corrected chi connectivity index (χ2v) is 5.30. The second-order valence-electron chi connectivity index (χ2n) is 3.57. The molecular formula is C10H13F3N2O2S. The van der Waals surface area contributed by atoms with Crippen LogP contribution in [0, 0.1) is 17.5 Å². The fraction of sp³-hybridized carbons (Fsp3) is 0.400. The number of hydrogen-bond acceptors (Lipinski definition) is 3. The Kier molecular flexibility index (Phi) is 5.12. The Morgan fingerprint density at radius 2 is 1.78 bits per heavy atom. The predicted molar refractivity (Wildman–Crippen MR) is 59.8 cm³/mol. The van der Waals surface area contributed by atoms with Crippen LogP contribution in [0.15, 0.2) is 17.0 Å². The first-order valence-electron chi connectivity index (χ1n) is 5.23. The number of sulfonamides is 1. The molecule has 0 saturated heterocycles. The lowest BCUT2D eigenvalue weighted by Crippen LogP contribution is -2.26. The number of nitrogens with one attached hydrogen (secondary N) is 1. The summed E-state index contributed by atoms with van der Waals surface area (Å²) in [7, 11) is -4.18. The first kappa shape index (κ1) is 14.9. The Balaban J connectivity index is 2.89. The molecule has 0 atom stereocenters. The van der Waals surface area contributed by atoms with Gasteiger partial charge in [0.1, 0.15) is 4.90 Å². The highest BCUT2D eigenvalue weighted by atomic mass is 32.2. The zero-order valence-electron chi connectivity index (χ0n) is 9.42. The van der Waals surface area contributed by atoms with Crippen LogP contribution in [0.3, 0.4) is 0 Å². The van der Waals surface area contributed by atoms with Gasteiger partial charge in [0.05, 0.1) is 0 Å². The summed E-state index contributed by atoms with van der Waals surface area (Å²) in [5, 5.41) is 0. The van der Waals surface area contributed by atoms with Gasteiger partial charge in [0.25, 0.3) is 0 Å². The normalized spacial score (nSPS) is 11.8. The van der Waals surface area contributed by atoms with Gasteiger partial charge in [-0.25, -0.2) is 26.3 Å². The second kappa shape index (κ2) is 6.17. The smallest absolute Gasteiger partial charge is 0.243 e. The van der Waals surface area contributed by atoms with E-state index in [1.54, 1.807) is 0 Å². The van der Waals surface area contributed by atoms with Crippen LogP contribution in [0.2, 0.25) is 0 Å². The number of hydrogen-bond donors (Lipinski definition) is 2. The Labute approximate surface area is 103 Å². The number of nitrogens with two attached hydrogens (primary N) is 1. The quantitative estimate of drug-likeness (QED) is 0.606. The molecule has 102 valence electrons. The van der Waals surface area contributed by atoms with E-state index < -0.39 is 32.4 Å². The molecular weight excluding hydrogens is 269 g/mol. The molecule has 4 nitrogen and oxygen atoms in total. The Morgan fingerprint density at radius 1 is 1.11 bits per heavy atom. The van der Waals surface area contributed by atoms with Crippen molar-refractivity contribution in [2.45, 2.75) is 17.7 Å². The van der Waals surface area contributed by atoms with Gasteiger partial charge in [-0.3, -0.25) is 0 Å². The van der Waals surface area contributed by atoms with E-state index in [9.17, 15) is 21.6 Å². The molecule has 0 aliphatic heterocycles. The van der Waals surface area contributed by atoms with Gasteiger partial charge in [-0.05, 0) is 31.5 Å². The standard InChI is InChI=1S/C10H13F3N2O2S/c11-7-3-4-8(10(13)9(7)12)18(16,17)15-6-2-1-5-14/h3-4,15H,1-2,5-6,14H2. The fourth-order valence-corrected chi connectivity index (χ4v) is 2.41. The Bertz CT molecular complexity index is 520. The summed E-state index contributed by atoms with van der Waals surface area (Å²) in [6.07, 6.45) is 1.07. The van der Waals surface area contributed by atoms with Gasteiger partial charge in [0, 0.05) is 6.54 Å². The van der Waals surface area contributed by atoms with E-state index >= 15 is 0 Å². The first-order chi connectivity index (χ1) is 8.40. The third-order valence-corrected chi connectivity index (χ3v) is 3.69. The number of halogens is 3. The lowest BCUT2D eigenvalue weighted by Gasteiger charge is -2.08. The van der Waals surface area contributed by atoms with Crippen LogP contribution in [0.25, 0.3) is 0 Å². The molecule has 0 spiro atoms. The molecule has 0 amide bonds. The highest BCUT2D eigenvalue weighted by molar-refractivity contribution is 7.89. The van der Waals surface area contributed by atoms with E-state index in [0.29, 0.717) is 31.5 Å². The van der Waals surface area contributed by atoms with Crippen LogP contribution in [0.1, 0.15) is 12.8 Å². The molecule has 0 aromatic heterocycles. The van der Waals surface area contributed by atoms with Crippen molar-refractivity contribution < 1.29 is 21.6 Å². The maximum Gasteiger partial charge on any atom is 0.243 e. The molecule has 3 N–H and O–H groups in total. The van der Waals surface area contributed by atoms with E-state index in [-0.39, 0.29) is 6.54 Å². The molecule has 0 radical (unpaired) electrons. The van der Waals surface area contributed by atoms with E-state index in [2.05, 4.69) is 4.72 Å². The highest BCUT2D eigenvalue weighted by Gasteiger charge is 2.23. The number of unbranched alkanes of at least 4 members (excludes halogenated alkanes) is 1. The summed E-state index contributed by atoms with van der Waals surface area (Å²) in [6.45, 7) is 0.458. The van der Waals surface area contributed by atoms with Crippen LogP contribution in [-0.4, -0.2) is 21.5 Å². The summed E-state index contributed by atoms with van der Waals surface area (Å²) in [5.74, 6) is -4.96. The molecule has 0 fully saturated rings. The van der Waals surface area contributed by atoms with Gasteiger partial charge in [-0.1, -0.05) is 0 Å². The summed E-state index contributed by atoms with van der Waals surface area (Å²) in [4.78, 5) is -0.908. The van der Waals surface area contributed by atoms with Crippen molar-refractivity contribution in [3.8, 4) is 0 Å². The predicted octanol–water partition coefficient (Wildman–Crippen LogP) is 1.12. The molecule has 0 aliphatic carbocycles. The molecule has 1 aromatic carbocycles. The molecule has 18 heavy (non-hydrogen) atoms. The SMILES string of the molecule is NCCCCNS(=O)(=O)c1ccc(F)c(F)c1F. The maximum atomic E-state index is 13.3. The topological polar surface area (TPSA) is 72.2 Å². The lowest BCUT2D eigenvalue weighted by atomic mass is 10.3. The summed E-state index contributed by atoms with van der Waals surface area (Å²) >= 11 is 0. The van der Waals surface area contributed by atoms with Crippen molar-refractivity contribution in [1.29, 1.82) is 0 Å². The van der Waals surface area contributed by atoms with Crippen LogP contribution in [0.5, 0.6) is 0 Å². The van der Waals surface area contributed by atoms with Crippen molar-refractivity contribution >= 4 is 10.0 Å². The fourth-order valence-electron chi connectivity index (χ4n) is 1.27. The summed E-state index contributed by atoms with van der Waals surface area (Å²) in [5.41, 5.74) is 5.22. The summed E-state index contributed by atoms with van der Waals surface area (Å²) < 4.78 is 64.1. The number of rotatable bonds is 6. The van der Waals surface area contributed by atoms with Crippen LogP contribution < -0.4 is 10.5 Å². The van der Waals surface area contributed by atoms with Gasteiger partial charge in [-0.15, -0.1) is 0 Å². The zero-order chi connectivity index (χ0) is 13.8. The molecule has 0 unspecified atom stereocenters. The zero-order valence-corrected chi connectivity index (χ0v) is 10.2. The molecule has 0 heterocycles. The van der Waals surface area contributed by atoms with Crippen molar-refractivity contribution in [3.63, 3.8) is 0 Å². The third-order valence-electron chi connectivity index (χ3n) is 2.21. The molecule has 1 aromatic rings. The highest BCUT2D eigenvalue weighted by Crippen LogP contribution is 2.19. The van der Waals surface area contributed by atoms with E-state index in [4.69, 9.17) is 5.73 Å². The molecule has 8 heteroatoms. The Morgan fingerprint density at radius 3 is 2.39 bits per heavy atom. The average Bonchev–Trinajstić information content (AvgIpc) is 2.31. The molecule has 1 rings (SSSR count).